The number of fused-ring (bicyclic) bond motifs is 1. The quantitative estimate of drug-likeness (QED) is 0.185. The van der Waals surface area contributed by atoms with Crippen molar-refractivity contribution in [2.75, 3.05) is 19.6 Å². The average molecular weight is 597 g/mol. The monoisotopic (exact) mass is 596 g/mol. The molecule has 42 heavy (non-hydrogen) atoms. The number of piperidine rings is 1. The summed E-state index contributed by atoms with van der Waals surface area (Å²) >= 11 is 6.28. The van der Waals surface area contributed by atoms with E-state index < -0.39 is 17.6 Å². The van der Waals surface area contributed by atoms with Gasteiger partial charge in [-0.25, -0.2) is 4.98 Å². The van der Waals surface area contributed by atoms with Crippen molar-refractivity contribution in [2.45, 2.75) is 64.8 Å². The molecule has 1 aliphatic rings. The molecule has 1 aliphatic heterocycles. The smallest absolute Gasteiger partial charge is 0.331 e. The zero-order valence-corrected chi connectivity index (χ0v) is 24.6. The Morgan fingerprint density at radius 2 is 1.64 bits per heavy atom. The number of amides is 1. The van der Waals surface area contributed by atoms with Crippen LogP contribution in [0.4, 0.5) is 13.2 Å². The van der Waals surface area contributed by atoms with E-state index in [0.29, 0.717) is 25.3 Å². The van der Waals surface area contributed by atoms with Gasteiger partial charge in [-0.05, 0) is 73.8 Å². The number of aromatic nitrogens is 2. The second-order valence-electron chi connectivity index (χ2n) is 11.0. The van der Waals surface area contributed by atoms with Crippen LogP contribution in [0.25, 0.3) is 11.0 Å². The highest BCUT2D eigenvalue weighted by Gasteiger charge is 2.32. The van der Waals surface area contributed by atoms with Crippen molar-refractivity contribution < 1.29 is 18.0 Å². The lowest BCUT2D eigenvalue weighted by atomic mass is 10.0. The van der Waals surface area contributed by atoms with Crippen LogP contribution in [0.15, 0.2) is 66.7 Å². The number of benzene rings is 3. The third kappa shape index (κ3) is 6.98. The minimum absolute atomic E-state index is 0.00496. The van der Waals surface area contributed by atoms with Gasteiger partial charge in [-0.2, -0.15) is 13.2 Å². The number of likely N-dealkylation sites (tertiary alicyclic amines) is 1. The third-order valence-electron chi connectivity index (χ3n) is 7.95. The summed E-state index contributed by atoms with van der Waals surface area (Å²) in [4.78, 5) is 22.7. The summed E-state index contributed by atoms with van der Waals surface area (Å²) in [6.07, 6.45) is 0.651. The Labute approximate surface area is 249 Å². The van der Waals surface area contributed by atoms with Crippen LogP contribution in [0.1, 0.15) is 71.9 Å². The molecule has 0 aliphatic carbocycles. The van der Waals surface area contributed by atoms with Gasteiger partial charge in [0.2, 0.25) is 0 Å². The standard InChI is InChI=1S/C33H36ClF3N4O/c1-2-3-19-40(32(42)27-20-26(33(35,36)37)15-16-28(27)34)23-31-38-29-13-7-8-14-30(29)41(31)22-25-12-6-5-11-24(25)21-39-17-9-4-10-18-39/h5-8,11-16,20H,2-4,9-10,17-19,21-23H2,1H3. The molecule has 0 spiro atoms. The largest absolute Gasteiger partial charge is 0.416 e. The van der Waals surface area contributed by atoms with Crippen LogP contribution in [-0.2, 0) is 25.8 Å². The minimum atomic E-state index is -4.58. The molecule has 0 atom stereocenters. The summed E-state index contributed by atoms with van der Waals surface area (Å²) < 4.78 is 42.6. The van der Waals surface area contributed by atoms with E-state index in [4.69, 9.17) is 16.6 Å². The Hall–Kier alpha value is -3.36. The van der Waals surface area contributed by atoms with Gasteiger partial charge >= 0.3 is 6.18 Å². The molecule has 1 fully saturated rings. The number of halogens is 4. The highest BCUT2D eigenvalue weighted by Crippen LogP contribution is 2.32. The number of alkyl halides is 3. The first-order chi connectivity index (χ1) is 20.2. The Bertz CT molecular complexity index is 1530. The van der Waals surface area contributed by atoms with Crippen molar-refractivity contribution in [3.8, 4) is 0 Å². The maximum absolute atomic E-state index is 13.7. The number of carbonyl (C=O) groups is 1. The lowest BCUT2D eigenvalue weighted by Gasteiger charge is -2.27. The van der Waals surface area contributed by atoms with E-state index in [1.165, 1.54) is 30.4 Å². The maximum atomic E-state index is 13.7. The van der Waals surface area contributed by atoms with E-state index >= 15 is 0 Å². The number of carbonyl (C=O) groups excluding carboxylic acids is 1. The van der Waals surface area contributed by atoms with Gasteiger partial charge in [0.25, 0.3) is 5.91 Å². The lowest BCUT2D eigenvalue weighted by molar-refractivity contribution is -0.137. The Morgan fingerprint density at radius 1 is 0.952 bits per heavy atom. The number of imidazole rings is 1. The van der Waals surface area contributed by atoms with Gasteiger partial charge < -0.3 is 9.47 Å². The highest BCUT2D eigenvalue weighted by atomic mass is 35.5. The molecular weight excluding hydrogens is 561 g/mol. The lowest BCUT2D eigenvalue weighted by Crippen LogP contribution is -2.33. The zero-order chi connectivity index (χ0) is 29.7. The van der Waals surface area contributed by atoms with Gasteiger partial charge in [0.15, 0.2) is 0 Å². The Balaban J connectivity index is 1.49. The molecule has 3 aromatic carbocycles. The van der Waals surface area contributed by atoms with Crippen LogP contribution in [0, 0.1) is 0 Å². The molecule has 0 saturated carbocycles. The molecule has 0 N–H and O–H groups in total. The second-order valence-corrected chi connectivity index (χ2v) is 11.4. The average Bonchev–Trinajstić information content (AvgIpc) is 3.32. The van der Waals surface area contributed by atoms with Crippen LogP contribution < -0.4 is 0 Å². The number of hydrogen-bond acceptors (Lipinski definition) is 3. The molecule has 222 valence electrons. The van der Waals surface area contributed by atoms with Crippen molar-refractivity contribution in [3.63, 3.8) is 0 Å². The van der Waals surface area contributed by atoms with E-state index in [1.807, 2.05) is 37.3 Å². The van der Waals surface area contributed by atoms with Crippen molar-refractivity contribution in [1.82, 2.24) is 19.4 Å². The van der Waals surface area contributed by atoms with Gasteiger partial charge in [-0.1, -0.05) is 67.8 Å². The molecule has 0 unspecified atom stereocenters. The molecule has 5 rings (SSSR count). The summed E-state index contributed by atoms with van der Waals surface area (Å²) in [5.41, 5.74) is 3.14. The summed E-state index contributed by atoms with van der Waals surface area (Å²) in [6.45, 7) is 6.17. The van der Waals surface area contributed by atoms with Crippen LogP contribution in [0.2, 0.25) is 5.02 Å². The molecular formula is C33H36ClF3N4O. The summed E-state index contributed by atoms with van der Waals surface area (Å²) in [5.74, 6) is 0.139. The first-order valence-electron chi connectivity index (χ1n) is 14.6. The van der Waals surface area contributed by atoms with Gasteiger partial charge in [0.1, 0.15) is 5.82 Å². The van der Waals surface area contributed by atoms with Crippen LogP contribution in [-0.4, -0.2) is 44.9 Å². The zero-order valence-electron chi connectivity index (χ0n) is 23.8. The molecule has 0 radical (unpaired) electrons. The third-order valence-corrected chi connectivity index (χ3v) is 8.28. The molecule has 4 aromatic rings. The van der Waals surface area contributed by atoms with Gasteiger partial charge in [-0.3, -0.25) is 9.69 Å². The molecule has 1 aromatic heterocycles. The fraction of sp³-hybridized carbons (Fsp3) is 0.394. The summed E-state index contributed by atoms with van der Waals surface area (Å²) in [5, 5.41) is -0.00496. The molecule has 5 nitrogen and oxygen atoms in total. The van der Waals surface area contributed by atoms with Gasteiger partial charge in [0.05, 0.1) is 33.7 Å². The van der Waals surface area contributed by atoms with E-state index in [9.17, 15) is 18.0 Å². The first kappa shape index (κ1) is 30.1. The van der Waals surface area contributed by atoms with Crippen molar-refractivity contribution in [3.05, 3.63) is 99.8 Å². The fourth-order valence-electron chi connectivity index (χ4n) is 5.63. The topological polar surface area (TPSA) is 41.4 Å². The van der Waals surface area contributed by atoms with E-state index in [0.717, 1.165) is 55.3 Å². The van der Waals surface area contributed by atoms with Crippen LogP contribution in [0.3, 0.4) is 0 Å². The Morgan fingerprint density at radius 3 is 2.36 bits per heavy atom. The van der Waals surface area contributed by atoms with Crippen LogP contribution in [0.5, 0.6) is 0 Å². The molecule has 1 saturated heterocycles. The number of para-hydroxylation sites is 2. The fourth-order valence-corrected chi connectivity index (χ4v) is 5.82. The second kappa shape index (κ2) is 13.3. The maximum Gasteiger partial charge on any atom is 0.416 e. The van der Waals surface area contributed by atoms with Crippen LogP contribution >= 0.6 is 11.6 Å². The summed E-state index contributed by atoms with van der Waals surface area (Å²) in [7, 11) is 0. The van der Waals surface area contributed by atoms with E-state index in [1.54, 1.807) is 4.90 Å². The molecule has 0 bridgehead atoms. The molecule has 9 heteroatoms. The predicted octanol–water partition coefficient (Wildman–Crippen LogP) is 8.19. The molecule has 2 heterocycles. The van der Waals surface area contributed by atoms with E-state index in [2.05, 4.69) is 27.7 Å². The van der Waals surface area contributed by atoms with E-state index in [-0.39, 0.29) is 17.1 Å². The van der Waals surface area contributed by atoms with Crippen molar-refractivity contribution >= 4 is 28.5 Å². The minimum Gasteiger partial charge on any atom is -0.331 e. The van der Waals surface area contributed by atoms with Crippen molar-refractivity contribution in [1.29, 1.82) is 0 Å². The SMILES string of the molecule is CCCCN(Cc1nc2ccccc2n1Cc1ccccc1CN1CCCCC1)C(=O)c1cc(C(F)(F)F)ccc1Cl. The Kier molecular flexibility index (Phi) is 9.53. The number of hydrogen-bond donors (Lipinski definition) is 0. The number of nitrogens with zero attached hydrogens (tertiary/aromatic N) is 4. The predicted molar refractivity (Wildman–Crippen MR) is 161 cm³/mol. The summed E-state index contributed by atoms with van der Waals surface area (Å²) in [6, 6.07) is 19.2. The van der Waals surface area contributed by atoms with Gasteiger partial charge in [-0.15, -0.1) is 0 Å². The first-order valence-corrected chi connectivity index (χ1v) is 15.0. The normalized spacial score (nSPS) is 14.4. The van der Waals surface area contributed by atoms with Crippen molar-refractivity contribution in [2.24, 2.45) is 0 Å². The number of unbranched alkanes of at least 4 members (excludes halogenated alkanes) is 1. The highest BCUT2D eigenvalue weighted by molar-refractivity contribution is 6.33. The van der Waals surface area contributed by atoms with Gasteiger partial charge in [0, 0.05) is 19.6 Å². The molecule has 1 amide bonds. The number of rotatable bonds is 10.